The van der Waals surface area contributed by atoms with Crippen LogP contribution in [0.15, 0.2) is 78.4 Å². The number of methoxy groups -OCH3 is 2. The van der Waals surface area contributed by atoms with E-state index < -0.39 is 11.9 Å². The number of nitrogens with zero attached hydrogens (tertiary/aromatic N) is 1. The minimum Gasteiger partial charge on any atom is -0.493 e. The van der Waals surface area contributed by atoms with Crippen molar-refractivity contribution in [2.75, 3.05) is 14.2 Å². The van der Waals surface area contributed by atoms with E-state index in [1.54, 1.807) is 30.3 Å². The van der Waals surface area contributed by atoms with Crippen LogP contribution in [-0.4, -0.2) is 26.2 Å². The van der Waals surface area contributed by atoms with Crippen LogP contribution in [0.1, 0.15) is 15.9 Å². The highest BCUT2D eigenvalue weighted by Gasteiger charge is 2.14. The number of esters is 2. The molecule has 0 amide bonds. The van der Waals surface area contributed by atoms with Gasteiger partial charge in [0.1, 0.15) is 11.6 Å². The summed E-state index contributed by atoms with van der Waals surface area (Å²) in [6, 6.07) is 23.4. The molecule has 3 aromatic rings. The van der Waals surface area contributed by atoms with Crippen LogP contribution in [0.2, 0.25) is 0 Å². The van der Waals surface area contributed by atoms with Gasteiger partial charge >= 0.3 is 11.9 Å². The lowest BCUT2D eigenvalue weighted by Crippen LogP contribution is -2.09. The molecule has 3 aromatic carbocycles. The van der Waals surface area contributed by atoms with Gasteiger partial charge in [0.2, 0.25) is 0 Å². The summed E-state index contributed by atoms with van der Waals surface area (Å²) in [5.74, 6) is -0.775. The Labute approximate surface area is 179 Å². The summed E-state index contributed by atoms with van der Waals surface area (Å²) >= 11 is 0. The molecule has 3 rings (SSSR count). The van der Waals surface area contributed by atoms with Gasteiger partial charge in [-0.25, -0.2) is 9.59 Å². The normalized spacial score (nSPS) is 10.7. The molecule has 0 bridgehead atoms. The number of rotatable bonds is 6. The number of hydrogen-bond donors (Lipinski definition) is 0. The van der Waals surface area contributed by atoms with Gasteiger partial charge in [-0.15, -0.1) is 0 Å². The van der Waals surface area contributed by atoms with Crippen molar-refractivity contribution in [2.45, 2.75) is 0 Å². The Kier molecular flexibility index (Phi) is 6.82. The Morgan fingerprint density at radius 2 is 1.55 bits per heavy atom. The second-order valence-electron chi connectivity index (χ2n) is 6.40. The molecule has 0 spiro atoms. The largest absolute Gasteiger partial charge is 0.493 e. The van der Waals surface area contributed by atoms with Crippen molar-refractivity contribution in [3.63, 3.8) is 0 Å². The highest BCUT2D eigenvalue weighted by atomic mass is 16.6. The maximum Gasteiger partial charge on any atom is 0.348 e. The number of carbonyl (C=O) groups is 2. The molecule has 0 aliphatic rings. The van der Waals surface area contributed by atoms with Gasteiger partial charge in [-0.3, -0.25) is 0 Å². The summed E-state index contributed by atoms with van der Waals surface area (Å²) in [7, 11) is 2.63. The van der Waals surface area contributed by atoms with E-state index in [1.165, 1.54) is 26.4 Å². The average Bonchev–Trinajstić information content (AvgIpc) is 2.83. The molecule has 0 saturated carbocycles. The van der Waals surface area contributed by atoms with Crippen LogP contribution in [0.5, 0.6) is 11.5 Å². The summed E-state index contributed by atoms with van der Waals surface area (Å²) in [6.45, 7) is 0. The third kappa shape index (κ3) is 5.17. The van der Waals surface area contributed by atoms with Crippen LogP contribution in [0.25, 0.3) is 17.2 Å². The highest BCUT2D eigenvalue weighted by Crippen LogP contribution is 2.30. The zero-order valence-corrected chi connectivity index (χ0v) is 17.0. The summed E-state index contributed by atoms with van der Waals surface area (Å²) in [5.41, 5.74) is 2.79. The van der Waals surface area contributed by atoms with Gasteiger partial charge in [-0.2, -0.15) is 5.26 Å². The molecular formula is C25H19NO5. The van der Waals surface area contributed by atoms with Crippen molar-refractivity contribution < 1.29 is 23.8 Å². The summed E-state index contributed by atoms with van der Waals surface area (Å²) in [5, 5.41) is 9.09. The van der Waals surface area contributed by atoms with E-state index >= 15 is 0 Å². The lowest BCUT2D eigenvalue weighted by Gasteiger charge is -2.10. The fraction of sp³-hybridized carbons (Fsp3) is 0.0800. The molecule has 31 heavy (non-hydrogen) atoms. The average molecular weight is 413 g/mol. The van der Waals surface area contributed by atoms with Crippen molar-refractivity contribution >= 4 is 18.0 Å². The molecule has 0 radical (unpaired) electrons. The first-order valence-electron chi connectivity index (χ1n) is 9.31. The van der Waals surface area contributed by atoms with Crippen LogP contribution in [-0.2, 0) is 9.53 Å². The summed E-state index contributed by atoms with van der Waals surface area (Å²) in [4.78, 5) is 24.1. The Morgan fingerprint density at radius 3 is 2.16 bits per heavy atom. The fourth-order valence-electron chi connectivity index (χ4n) is 2.86. The topological polar surface area (TPSA) is 85.6 Å². The van der Waals surface area contributed by atoms with Gasteiger partial charge in [0.15, 0.2) is 11.5 Å². The molecule has 0 unspecified atom stereocenters. The van der Waals surface area contributed by atoms with Crippen molar-refractivity contribution in [3.8, 4) is 28.7 Å². The number of carbonyl (C=O) groups excluding carboxylic acids is 2. The second kappa shape index (κ2) is 9.90. The summed E-state index contributed by atoms with van der Waals surface area (Å²) in [6.07, 6.45) is 1.36. The Hall–Kier alpha value is -4.37. The van der Waals surface area contributed by atoms with Gasteiger partial charge in [-0.1, -0.05) is 48.5 Å². The van der Waals surface area contributed by atoms with Gasteiger partial charge < -0.3 is 14.2 Å². The van der Waals surface area contributed by atoms with Crippen LogP contribution >= 0.6 is 0 Å². The predicted octanol–water partition coefficient (Wildman–Crippen LogP) is 4.66. The molecular weight excluding hydrogens is 394 g/mol. The zero-order valence-electron chi connectivity index (χ0n) is 17.0. The van der Waals surface area contributed by atoms with Crippen LogP contribution < -0.4 is 9.47 Å². The van der Waals surface area contributed by atoms with Gasteiger partial charge in [-0.05, 0) is 47.0 Å². The monoisotopic (exact) mass is 413 g/mol. The van der Waals surface area contributed by atoms with Crippen LogP contribution in [0.3, 0.4) is 0 Å². The highest BCUT2D eigenvalue weighted by molar-refractivity contribution is 5.98. The number of ether oxygens (including phenoxy) is 3. The Balaban J connectivity index is 1.79. The lowest BCUT2D eigenvalue weighted by atomic mass is 10.0. The number of benzene rings is 3. The van der Waals surface area contributed by atoms with Crippen molar-refractivity contribution in [1.82, 2.24) is 0 Å². The van der Waals surface area contributed by atoms with E-state index in [-0.39, 0.29) is 17.1 Å². The van der Waals surface area contributed by atoms with E-state index in [4.69, 9.17) is 14.7 Å². The smallest absolute Gasteiger partial charge is 0.348 e. The maximum atomic E-state index is 12.6. The maximum absolute atomic E-state index is 12.6. The van der Waals surface area contributed by atoms with Gasteiger partial charge in [0, 0.05) is 0 Å². The van der Waals surface area contributed by atoms with Gasteiger partial charge in [0.05, 0.1) is 19.8 Å². The number of hydrogen-bond acceptors (Lipinski definition) is 6. The van der Waals surface area contributed by atoms with Crippen molar-refractivity contribution in [1.29, 1.82) is 5.26 Å². The van der Waals surface area contributed by atoms with E-state index in [2.05, 4.69) is 4.74 Å². The standard InChI is InChI=1S/C25H19NO5/c1-29-23-15-17(14-21(16-26)24(27)30-2)8-13-22(23)31-25(28)20-11-9-19(10-12-20)18-6-4-3-5-7-18/h3-15H,1-2H3. The first-order valence-corrected chi connectivity index (χ1v) is 9.31. The van der Waals surface area contributed by atoms with Crippen molar-refractivity contribution in [3.05, 3.63) is 89.5 Å². The lowest BCUT2D eigenvalue weighted by molar-refractivity contribution is -0.135. The van der Waals surface area contributed by atoms with Gasteiger partial charge in [0.25, 0.3) is 0 Å². The molecule has 154 valence electrons. The first kappa shape index (κ1) is 21.3. The minimum atomic E-state index is -0.740. The SMILES string of the molecule is COC(=O)C(C#N)=Cc1ccc(OC(=O)c2ccc(-c3ccccc3)cc2)c(OC)c1. The third-order valence-electron chi connectivity index (χ3n) is 4.45. The van der Waals surface area contributed by atoms with E-state index in [0.717, 1.165) is 11.1 Å². The molecule has 0 fully saturated rings. The Morgan fingerprint density at radius 1 is 0.871 bits per heavy atom. The van der Waals surface area contributed by atoms with E-state index in [1.807, 2.05) is 42.5 Å². The van der Waals surface area contributed by atoms with Crippen LogP contribution in [0, 0.1) is 11.3 Å². The fourth-order valence-corrected chi connectivity index (χ4v) is 2.86. The molecule has 6 heteroatoms. The second-order valence-corrected chi connectivity index (χ2v) is 6.40. The predicted molar refractivity (Wildman–Crippen MR) is 115 cm³/mol. The zero-order chi connectivity index (χ0) is 22.2. The molecule has 0 atom stereocenters. The first-order chi connectivity index (χ1) is 15.0. The van der Waals surface area contributed by atoms with Crippen LogP contribution in [0.4, 0.5) is 0 Å². The van der Waals surface area contributed by atoms with E-state index in [9.17, 15) is 9.59 Å². The molecule has 6 nitrogen and oxygen atoms in total. The van der Waals surface area contributed by atoms with Crippen molar-refractivity contribution in [2.24, 2.45) is 0 Å². The molecule has 0 saturated heterocycles. The molecule has 0 aromatic heterocycles. The third-order valence-corrected chi connectivity index (χ3v) is 4.45. The Bertz CT molecular complexity index is 1160. The van der Waals surface area contributed by atoms with E-state index in [0.29, 0.717) is 11.1 Å². The summed E-state index contributed by atoms with van der Waals surface area (Å²) < 4.78 is 15.3. The number of nitriles is 1. The molecule has 0 heterocycles. The molecule has 0 N–H and O–H groups in total. The molecule has 0 aliphatic heterocycles. The molecule has 0 aliphatic carbocycles. The minimum absolute atomic E-state index is 0.159. The quantitative estimate of drug-likeness (QED) is 0.253.